The van der Waals surface area contributed by atoms with E-state index in [-0.39, 0.29) is 24.5 Å². The summed E-state index contributed by atoms with van der Waals surface area (Å²) in [7, 11) is 0. The number of aromatic nitrogens is 2. The van der Waals surface area contributed by atoms with Crippen LogP contribution in [0.2, 0.25) is 0 Å². The Morgan fingerprint density at radius 2 is 2.10 bits per heavy atom. The average Bonchev–Trinajstić information content (AvgIpc) is 3.00. The van der Waals surface area contributed by atoms with Crippen molar-refractivity contribution >= 4 is 5.91 Å². The molecule has 0 saturated carbocycles. The Morgan fingerprint density at radius 1 is 1.33 bits per heavy atom. The van der Waals surface area contributed by atoms with Crippen LogP contribution in [-0.2, 0) is 0 Å². The van der Waals surface area contributed by atoms with Gasteiger partial charge in [-0.25, -0.2) is 4.68 Å². The van der Waals surface area contributed by atoms with Crippen LogP contribution in [-0.4, -0.2) is 33.4 Å². The first-order valence-corrected chi connectivity index (χ1v) is 7.14. The van der Waals surface area contributed by atoms with Crippen LogP contribution in [0, 0.1) is 5.92 Å². The van der Waals surface area contributed by atoms with Crippen LogP contribution in [0.1, 0.15) is 30.6 Å². The van der Waals surface area contributed by atoms with Crippen LogP contribution in [0.25, 0.3) is 5.69 Å². The molecule has 0 spiro atoms. The number of benzene rings is 1. The molecule has 0 aliphatic carbocycles. The maximum absolute atomic E-state index is 12.5. The van der Waals surface area contributed by atoms with E-state index in [2.05, 4.69) is 10.4 Å². The molecule has 112 valence electrons. The monoisotopic (exact) mass is 287 g/mol. The predicted molar refractivity (Wildman–Crippen MR) is 81.4 cm³/mol. The lowest BCUT2D eigenvalue weighted by Crippen LogP contribution is -2.39. The first kappa shape index (κ1) is 15.3. The van der Waals surface area contributed by atoms with E-state index in [0.29, 0.717) is 12.0 Å². The van der Waals surface area contributed by atoms with Gasteiger partial charge in [-0.2, -0.15) is 5.10 Å². The standard InChI is InChI=1S/C16H21N3O2/c1-12(2)14(8-11-20)18-16(21)13-6-3-4-7-15(13)19-10-5-9-17-19/h3-7,9-10,12,14,20H,8,11H2,1-2H3,(H,18,21). The molecule has 0 aliphatic heterocycles. The van der Waals surface area contributed by atoms with Crippen molar-refractivity contribution in [2.45, 2.75) is 26.3 Å². The van der Waals surface area contributed by atoms with Gasteiger partial charge in [0.15, 0.2) is 0 Å². The molecule has 2 N–H and O–H groups in total. The number of aliphatic hydroxyl groups excluding tert-OH is 1. The molecule has 0 radical (unpaired) electrons. The highest BCUT2D eigenvalue weighted by Gasteiger charge is 2.19. The van der Waals surface area contributed by atoms with Crippen molar-refractivity contribution in [3.63, 3.8) is 0 Å². The topological polar surface area (TPSA) is 67.2 Å². The van der Waals surface area contributed by atoms with Gasteiger partial charge in [0, 0.05) is 25.0 Å². The van der Waals surface area contributed by atoms with Crippen molar-refractivity contribution in [2.75, 3.05) is 6.61 Å². The Balaban J connectivity index is 2.23. The lowest BCUT2D eigenvalue weighted by atomic mass is 10.0. The second-order valence-corrected chi connectivity index (χ2v) is 5.30. The number of nitrogens with zero attached hydrogens (tertiary/aromatic N) is 2. The van der Waals surface area contributed by atoms with E-state index < -0.39 is 0 Å². The van der Waals surface area contributed by atoms with Crippen LogP contribution in [0.4, 0.5) is 0 Å². The summed E-state index contributed by atoms with van der Waals surface area (Å²) in [5, 5.41) is 16.3. The summed E-state index contributed by atoms with van der Waals surface area (Å²) in [4.78, 5) is 12.5. The van der Waals surface area contributed by atoms with Crippen molar-refractivity contribution < 1.29 is 9.90 Å². The fraction of sp³-hybridized carbons (Fsp3) is 0.375. The molecule has 1 aromatic carbocycles. The molecule has 0 bridgehead atoms. The third-order valence-electron chi connectivity index (χ3n) is 3.46. The molecule has 1 unspecified atom stereocenters. The van der Waals surface area contributed by atoms with Gasteiger partial charge in [-0.15, -0.1) is 0 Å². The van der Waals surface area contributed by atoms with Gasteiger partial charge in [-0.1, -0.05) is 26.0 Å². The zero-order valence-electron chi connectivity index (χ0n) is 12.4. The summed E-state index contributed by atoms with van der Waals surface area (Å²) in [6.07, 6.45) is 4.03. The van der Waals surface area contributed by atoms with E-state index in [1.807, 2.05) is 38.1 Å². The van der Waals surface area contributed by atoms with Crippen molar-refractivity contribution in [3.05, 3.63) is 48.3 Å². The van der Waals surface area contributed by atoms with E-state index in [1.165, 1.54) is 0 Å². The predicted octanol–water partition coefficient (Wildman–Crippen LogP) is 2.01. The molecule has 5 heteroatoms. The minimum Gasteiger partial charge on any atom is -0.396 e. The lowest BCUT2D eigenvalue weighted by Gasteiger charge is -2.22. The molecular weight excluding hydrogens is 266 g/mol. The molecule has 1 amide bonds. The highest BCUT2D eigenvalue weighted by Crippen LogP contribution is 2.15. The minimum atomic E-state index is -0.145. The van der Waals surface area contributed by atoms with Gasteiger partial charge in [0.05, 0.1) is 11.3 Å². The van der Waals surface area contributed by atoms with E-state index in [1.54, 1.807) is 23.1 Å². The Morgan fingerprint density at radius 3 is 2.71 bits per heavy atom. The van der Waals surface area contributed by atoms with Crippen LogP contribution < -0.4 is 5.32 Å². The minimum absolute atomic E-state index is 0.0480. The van der Waals surface area contributed by atoms with Crippen molar-refractivity contribution in [2.24, 2.45) is 5.92 Å². The Kier molecular flexibility index (Phi) is 5.11. The number of amides is 1. The summed E-state index contributed by atoms with van der Waals surface area (Å²) < 4.78 is 1.67. The highest BCUT2D eigenvalue weighted by molar-refractivity contribution is 5.97. The fourth-order valence-electron chi connectivity index (χ4n) is 2.23. The highest BCUT2D eigenvalue weighted by atomic mass is 16.3. The molecule has 21 heavy (non-hydrogen) atoms. The van der Waals surface area contributed by atoms with Gasteiger partial charge in [-0.3, -0.25) is 4.79 Å². The number of hydrogen-bond acceptors (Lipinski definition) is 3. The Hall–Kier alpha value is -2.14. The number of rotatable bonds is 6. The lowest BCUT2D eigenvalue weighted by molar-refractivity contribution is 0.0916. The number of carbonyl (C=O) groups is 1. The second kappa shape index (κ2) is 7.04. The molecule has 1 atom stereocenters. The first-order valence-electron chi connectivity index (χ1n) is 7.14. The average molecular weight is 287 g/mol. The summed E-state index contributed by atoms with van der Waals surface area (Å²) in [5.41, 5.74) is 1.32. The molecule has 0 aliphatic rings. The molecule has 2 rings (SSSR count). The summed E-state index contributed by atoms with van der Waals surface area (Å²) >= 11 is 0. The zero-order valence-corrected chi connectivity index (χ0v) is 12.4. The largest absolute Gasteiger partial charge is 0.396 e. The van der Waals surface area contributed by atoms with Crippen LogP contribution in [0.3, 0.4) is 0 Å². The van der Waals surface area contributed by atoms with Crippen LogP contribution in [0.5, 0.6) is 0 Å². The van der Waals surface area contributed by atoms with Gasteiger partial charge in [0.2, 0.25) is 0 Å². The van der Waals surface area contributed by atoms with E-state index >= 15 is 0 Å². The van der Waals surface area contributed by atoms with Crippen molar-refractivity contribution in [1.82, 2.24) is 15.1 Å². The first-order chi connectivity index (χ1) is 10.1. The van der Waals surface area contributed by atoms with Crippen LogP contribution in [0.15, 0.2) is 42.7 Å². The number of hydrogen-bond donors (Lipinski definition) is 2. The second-order valence-electron chi connectivity index (χ2n) is 5.30. The number of nitrogens with one attached hydrogen (secondary N) is 1. The van der Waals surface area contributed by atoms with Gasteiger partial charge in [0.25, 0.3) is 5.91 Å². The molecular formula is C16H21N3O2. The van der Waals surface area contributed by atoms with Crippen LogP contribution >= 0.6 is 0 Å². The summed E-state index contributed by atoms with van der Waals surface area (Å²) in [6.45, 7) is 4.12. The van der Waals surface area contributed by atoms with Gasteiger partial charge in [0.1, 0.15) is 0 Å². The summed E-state index contributed by atoms with van der Waals surface area (Å²) in [6, 6.07) is 9.12. The third kappa shape index (κ3) is 3.70. The smallest absolute Gasteiger partial charge is 0.253 e. The quantitative estimate of drug-likeness (QED) is 0.854. The Labute approximate surface area is 124 Å². The molecule has 0 fully saturated rings. The van der Waals surface area contributed by atoms with Crippen molar-refractivity contribution in [1.29, 1.82) is 0 Å². The number of carbonyl (C=O) groups excluding carboxylic acids is 1. The molecule has 1 aromatic heterocycles. The maximum atomic E-state index is 12.5. The normalized spacial score (nSPS) is 12.4. The SMILES string of the molecule is CC(C)C(CCO)NC(=O)c1ccccc1-n1cccn1. The third-order valence-corrected chi connectivity index (χ3v) is 3.46. The number of aliphatic hydroxyl groups is 1. The van der Waals surface area contributed by atoms with E-state index in [0.717, 1.165) is 5.69 Å². The molecule has 1 heterocycles. The molecule has 5 nitrogen and oxygen atoms in total. The van der Waals surface area contributed by atoms with Gasteiger partial charge in [-0.05, 0) is 30.5 Å². The fourth-order valence-corrected chi connectivity index (χ4v) is 2.23. The molecule has 2 aromatic rings. The van der Waals surface area contributed by atoms with E-state index in [9.17, 15) is 4.79 Å². The Bertz CT molecular complexity index is 579. The van der Waals surface area contributed by atoms with E-state index in [4.69, 9.17) is 5.11 Å². The maximum Gasteiger partial charge on any atom is 0.253 e. The summed E-state index contributed by atoms with van der Waals surface area (Å²) in [5.74, 6) is 0.117. The van der Waals surface area contributed by atoms with Gasteiger partial charge < -0.3 is 10.4 Å². The number of para-hydroxylation sites is 1. The zero-order chi connectivity index (χ0) is 15.2. The van der Waals surface area contributed by atoms with Gasteiger partial charge >= 0.3 is 0 Å². The molecule has 0 saturated heterocycles. The van der Waals surface area contributed by atoms with Crippen molar-refractivity contribution in [3.8, 4) is 5.69 Å².